The minimum atomic E-state index is -0.888. The van der Waals surface area contributed by atoms with Gasteiger partial charge in [0.15, 0.2) is 0 Å². The largest absolute Gasteiger partial charge is 0.459 e. The minimum Gasteiger partial charge on any atom is -0.459 e. The molecule has 0 N–H and O–H groups in total. The summed E-state index contributed by atoms with van der Waals surface area (Å²) < 4.78 is 35.6. The monoisotopic (exact) mass is 588 g/mol. The Morgan fingerprint density at radius 1 is 0.674 bits per heavy atom. The summed E-state index contributed by atoms with van der Waals surface area (Å²) in [5.41, 5.74) is 1.89. The third-order valence-corrected chi connectivity index (χ3v) is 5.90. The van der Waals surface area contributed by atoms with Crippen LogP contribution in [0, 0.1) is 11.2 Å². The molecule has 9 heteroatoms. The summed E-state index contributed by atoms with van der Waals surface area (Å²) in [6.07, 6.45) is 0. The fourth-order valence-electron chi connectivity index (χ4n) is 3.50. The average Bonchev–Trinajstić information content (AvgIpc) is 2.94. The quantitative estimate of drug-likeness (QED) is 0.109. The number of hydrogen-bond donors (Lipinski definition) is 0. The van der Waals surface area contributed by atoms with E-state index in [9.17, 15) is 23.6 Å². The van der Waals surface area contributed by atoms with Crippen LogP contribution in [0.25, 0.3) is 22.3 Å². The Labute approximate surface area is 249 Å². The van der Waals surface area contributed by atoms with E-state index in [-0.39, 0.29) is 41.4 Å². The Bertz CT molecular complexity index is 1580. The fourth-order valence-corrected chi connectivity index (χ4v) is 3.50. The molecule has 0 aliphatic heterocycles. The van der Waals surface area contributed by atoms with E-state index < -0.39 is 35.1 Å². The minimum absolute atomic E-state index is 0.171. The number of carbonyl (C=O) groups excluding carboxylic acids is 4. The van der Waals surface area contributed by atoms with E-state index in [0.29, 0.717) is 22.3 Å². The number of benzene rings is 3. The maximum absolute atomic E-state index is 14.8. The summed E-state index contributed by atoms with van der Waals surface area (Å²) in [6.45, 7) is 14.8. The van der Waals surface area contributed by atoms with E-state index in [4.69, 9.17) is 18.9 Å². The van der Waals surface area contributed by atoms with Crippen LogP contribution < -0.4 is 9.47 Å². The van der Waals surface area contributed by atoms with Gasteiger partial charge in [-0.3, -0.25) is 4.79 Å². The molecule has 3 aromatic rings. The van der Waals surface area contributed by atoms with Crippen LogP contribution in [0.2, 0.25) is 0 Å². The summed E-state index contributed by atoms with van der Waals surface area (Å²) in [5, 5.41) is 0. The standard InChI is InChI=1S/C34H33FO8/c1-20(2)30(36)40-14-15-41-32(38)28-13-12-24(18-29(28)35)22-8-10-23(11-9-22)25-16-26(42-31(37)21(3)4)19-27(17-25)43-33(39)34(5,6)7/h8-13,16-19H,1,3,14-15H2,2,4-7H3. The lowest BCUT2D eigenvalue weighted by Gasteiger charge is -2.17. The third kappa shape index (κ3) is 8.97. The van der Waals surface area contributed by atoms with E-state index in [1.165, 1.54) is 32.0 Å². The zero-order valence-corrected chi connectivity index (χ0v) is 24.7. The van der Waals surface area contributed by atoms with Gasteiger partial charge in [0.05, 0.1) is 11.0 Å². The first-order chi connectivity index (χ1) is 20.1. The number of carbonyl (C=O) groups is 4. The molecule has 0 saturated heterocycles. The summed E-state index contributed by atoms with van der Waals surface area (Å²) in [6, 6.07) is 15.9. The lowest BCUT2D eigenvalue weighted by Crippen LogP contribution is -2.25. The topological polar surface area (TPSA) is 105 Å². The normalized spacial score (nSPS) is 10.8. The highest BCUT2D eigenvalue weighted by atomic mass is 19.1. The fraction of sp³-hybridized carbons (Fsp3) is 0.235. The van der Waals surface area contributed by atoms with Crippen LogP contribution in [-0.4, -0.2) is 37.1 Å². The first-order valence-corrected chi connectivity index (χ1v) is 13.3. The molecule has 8 nitrogen and oxygen atoms in total. The highest BCUT2D eigenvalue weighted by Crippen LogP contribution is 2.33. The second kappa shape index (κ2) is 13.7. The van der Waals surface area contributed by atoms with Crippen molar-refractivity contribution in [1.29, 1.82) is 0 Å². The van der Waals surface area contributed by atoms with Crippen molar-refractivity contribution in [2.75, 3.05) is 13.2 Å². The van der Waals surface area contributed by atoms with E-state index in [1.54, 1.807) is 63.2 Å². The highest BCUT2D eigenvalue weighted by Gasteiger charge is 2.24. The van der Waals surface area contributed by atoms with E-state index >= 15 is 0 Å². The number of esters is 4. The SMILES string of the molecule is C=C(C)C(=O)OCCOC(=O)c1ccc(-c2ccc(-c3cc(OC(=O)C(=C)C)cc(OC(=O)C(C)(C)C)c3)cc2)cc1F. The van der Waals surface area contributed by atoms with Crippen molar-refractivity contribution >= 4 is 23.9 Å². The Kier molecular flexibility index (Phi) is 10.4. The van der Waals surface area contributed by atoms with Gasteiger partial charge in [-0.15, -0.1) is 0 Å². The molecule has 0 saturated carbocycles. The molecule has 224 valence electrons. The van der Waals surface area contributed by atoms with Gasteiger partial charge in [0.1, 0.15) is 30.5 Å². The van der Waals surface area contributed by atoms with Crippen molar-refractivity contribution in [1.82, 2.24) is 0 Å². The molecule has 0 fully saturated rings. The first-order valence-electron chi connectivity index (χ1n) is 13.3. The lowest BCUT2D eigenvalue weighted by molar-refractivity contribution is -0.143. The average molecular weight is 589 g/mol. The molecule has 0 spiro atoms. The van der Waals surface area contributed by atoms with Crippen molar-refractivity contribution < 1.29 is 42.5 Å². The van der Waals surface area contributed by atoms with Crippen LogP contribution in [0.4, 0.5) is 4.39 Å². The number of rotatable bonds is 10. The van der Waals surface area contributed by atoms with Gasteiger partial charge in [0.2, 0.25) is 0 Å². The van der Waals surface area contributed by atoms with Gasteiger partial charge in [0.25, 0.3) is 0 Å². The molecule has 0 aliphatic carbocycles. The third-order valence-electron chi connectivity index (χ3n) is 5.90. The van der Waals surface area contributed by atoms with Crippen LogP contribution in [0.1, 0.15) is 45.0 Å². The second-order valence-electron chi connectivity index (χ2n) is 10.8. The maximum atomic E-state index is 14.8. The van der Waals surface area contributed by atoms with Gasteiger partial charge < -0.3 is 18.9 Å². The molecule has 0 atom stereocenters. The van der Waals surface area contributed by atoms with Gasteiger partial charge >= 0.3 is 23.9 Å². The van der Waals surface area contributed by atoms with Gasteiger partial charge in [0, 0.05) is 17.2 Å². The van der Waals surface area contributed by atoms with Crippen molar-refractivity contribution in [2.45, 2.75) is 34.6 Å². The van der Waals surface area contributed by atoms with Crippen molar-refractivity contribution in [3.63, 3.8) is 0 Å². The van der Waals surface area contributed by atoms with Crippen LogP contribution in [0.15, 0.2) is 85.0 Å². The molecule has 0 heterocycles. The van der Waals surface area contributed by atoms with Crippen molar-refractivity contribution in [3.8, 4) is 33.8 Å². The molecule has 0 aromatic heterocycles. The van der Waals surface area contributed by atoms with Crippen molar-refractivity contribution in [3.05, 3.63) is 96.3 Å². The Balaban J connectivity index is 1.80. The molecule has 0 unspecified atom stereocenters. The molecule has 43 heavy (non-hydrogen) atoms. The lowest BCUT2D eigenvalue weighted by atomic mass is 9.97. The zero-order valence-electron chi connectivity index (χ0n) is 24.7. The van der Waals surface area contributed by atoms with Gasteiger partial charge in [-0.25, -0.2) is 18.8 Å². The zero-order chi connectivity index (χ0) is 31.9. The van der Waals surface area contributed by atoms with E-state index in [1.807, 2.05) is 0 Å². The van der Waals surface area contributed by atoms with Crippen LogP contribution >= 0.6 is 0 Å². The molecule has 0 bridgehead atoms. The predicted molar refractivity (Wildman–Crippen MR) is 159 cm³/mol. The molecular formula is C34H33FO8. The van der Waals surface area contributed by atoms with Crippen molar-refractivity contribution in [2.24, 2.45) is 5.41 Å². The first kappa shape index (κ1) is 32.5. The summed E-state index contributed by atoms with van der Waals surface area (Å²) >= 11 is 0. The number of hydrogen-bond acceptors (Lipinski definition) is 8. The Hall–Kier alpha value is -5.05. The summed E-state index contributed by atoms with van der Waals surface area (Å²) in [7, 11) is 0. The van der Waals surface area contributed by atoms with Gasteiger partial charge in [-0.2, -0.15) is 0 Å². The molecular weight excluding hydrogens is 555 g/mol. The Morgan fingerprint density at radius 3 is 1.72 bits per heavy atom. The van der Waals surface area contributed by atoms with Gasteiger partial charge in [-0.1, -0.05) is 43.5 Å². The predicted octanol–water partition coefficient (Wildman–Crippen LogP) is 6.87. The van der Waals surface area contributed by atoms with Crippen LogP contribution in [0.3, 0.4) is 0 Å². The Morgan fingerprint density at radius 2 is 1.19 bits per heavy atom. The van der Waals surface area contributed by atoms with E-state index in [0.717, 1.165) is 0 Å². The molecule has 0 radical (unpaired) electrons. The molecule has 3 aromatic carbocycles. The second-order valence-corrected chi connectivity index (χ2v) is 10.8. The van der Waals surface area contributed by atoms with Crippen LogP contribution in [0.5, 0.6) is 11.5 Å². The molecule has 3 rings (SSSR count). The number of halogens is 1. The molecule has 0 amide bonds. The summed E-state index contributed by atoms with van der Waals surface area (Å²) in [4.78, 5) is 48.3. The van der Waals surface area contributed by atoms with Crippen LogP contribution in [-0.2, 0) is 23.9 Å². The smallest absolute Gasteiger partial charge is 0.341 e. The van der Waals surface area contributed by atoms with E-state index in [2.05, 4.69) is 13.2 Å². The number of ether oxygens (including phenoxy) is 4. The van der Waals surface area contributed by atoms with Gasteiger partial charge in [-0.05, 0) is 81.1 Å². The highest BCUT2D eigenvalue weighted by molar-refractivity contribution is 5.91. The maximum Gasteiger partial charge on any atom is 0.341 e. The summed E-state index contributed by atoms with van der Waals surface area (Å²) in [5.74, 6) is -2.99. The molecule has 0 aliphatic rings.